The van der Waals surface area contributed by atoms with Crippen LogP contribution in [0.15, 0.2) is 43.1 Å². The number of piperidine rings is 1. The molecular formula is C40H50N6O11S. The van der Waals surface area contributed by atoms with Gasteiger partial charge in [0.1, 0.15) is 41.5 Å². The average Bonchev–Trinajstić information content (AvgIpc) is 4.09. The second kappa shape index (κ2) is 15.5. The van der Waals surface area contributed by atoms with E-state index in [2.05, 4.69) is 26.9 Å². The largest absolute Gasteiger partial charge is 0.472 e. The number of hydrogen-bond donors (Lipinski definition) is 3. The van der Waals surface area contributed by atoms with Crippen LogP contribution < -0.4 is 20.1 Å². The molecule has 2 saturated carbocycles. The van der Waals surface area contributed by atoms with Gasteiger partial charge in [-0.2, -0.15) is 0 Å². The summed E-state index contributed by atoms with van der Waals surface area (Å²) in [6, 6.07) is 4.20. The molecule has 8 rings (SSSR count). The number of sulfonamides is 1. The zero-order valence-corrected chi connectivity index (χ0v) is 33.8. The van der Waals surface area contributed by atoms with E-state index in [-0.39, 0.29) is 44.7 Å². The fourth-order valence-corrected chi connectivity index (χ4v) is 9.40. The molecule has 0 spiro atoms. The molecular weight excluding hydrogens is 773 g/mol. The monoisotopic (exact) mass is 822 g/mol. The molecule has 2 aliphatic carbocycles. The number of morpholine rings is 1. The van der Waals surface area contributed by atoms with Gasteiger partial charge in [0.05, 0.1) is 18.3 Å². The van der Waals surface area contributed by atoms with E-state index >= 15 is 0 Å². The lowest BCUT2D eigenvalue weighted by atomic mass is 9.95. The van der Waals surface area contributed by atoms with Crippen LogP contribution in [-0.4, -0.2) is 119 Å². The Morgan fingerprint density at radius 2 is 1.84 bits per heavy atom. The first-order chi connectivity index (χ1) is 27.4. The van der Waals surface area contributed by atoms with E-state index in [1.54, 1.807) is 27.0 Å². The highest BCUT2D eigenvalue weighted by molar-refractivity contribution is 7.91. The van der Waals surface area contributed by atoms with Crippen LogP contribution in [0.1, 0.15) is 77.7 Å². The second-order valence-corrected chi connectivity index (χ2v) is 18.9. The number of hydrogen-bond acceptors (Lipinski definition) is 12. The summed E-state index contributed by atoms with van der Waals surface area (Å²) in [6.07, 6.45) is 2.46. The minimum absolute atomic E-state index is 0.0601. The summed E-state index contributed by atoms with van der Waals surface area (Å²) in [7, 11) is -3.95. The van der Waals surface area contributed by atoms with Crippen LogP contribution in [-0.2, 0) is 43.5 Å². The lowest BCUT2D eigenvalue weighted by Gasteiger charge is -2.43. The number of rotatable bonds is 13. The molecule has 1 aromatic carbocycles. The molecule has 2 bridgehead atoms. The van der Waals surface area contributed by atoms with Gasteiger partial charge in [-0.3, -0.25) is 23.9 Å². The van der Waals surface area contributed by atoms with Crippen LogP contribution in [0.25, 0.3) is 10.8 Å². The number of carbonyl (C=O) groups is 6. The predicted octanol–water partition coefficient (Wildman–Crippen LogP) is 2.15. The quantitative estimate of drug-likeness (QED) is 0.196. The first-order valence-corrected chi connectivity index (χ1v) is 21.2. The van der Waals surface area contributed by atoms with Crippen molar-refractivity contribution < 1.29 is 51.4 Å². The van der Waals surface area contributed by atoms with Gasteiger partial charge in [0.15, 0.2) is 0 Å². The molecule has 17 nitrogen and oxygen atoms in total. The normalized spacial score (nSPS) is 27.0. The molecule has 2 aromatic rings. The Bertz CT molecular complexity index is 2150. The molecule has 5 amide bonds. The molecule has 6 fully saturated rings. The molecule has 312 valence electrons. The molecule has 1 aromatic heterocycles. The Hall–Kier alpha value is -5.26. The maximum absolute atomic E-state index is 14.7. The van der Waals surface area contributed by atoms with Crippen LogP contribution in [0.2, 0.25) is 0 Å². The lowest BCUT2D eigenvalue weighted by Crippen LogP contribution is -2.59. The minimum Gasteiger partial charge on any atom is -0.472 e. The predicted molar refractivity (Wildman–Crippen MR) is 207 cm³/mol. The fraction of sp³-hybridized carbons (Fsp3) is 0.575. The van der Waals surface area contributed by atoms with Crippen molar-refractivity contribution in [3.8, 4) is 5.88 Å². The number of fused-ring (bicyclic) bond motifs is 4. The number of carbonyl (C=O) groups excluding carboxylic acids is 6. The van der Waals surface area contributed by atoms with E-state index in [4.69, 9.17) is 14.2 Å². The van der Waals surface area contributed by atoms with Gasteiger partial charge in [-0.25, -0.2) is 23.0 Å². The SMILES string of the molecule is C=CC1C[C@]1(NC(=O)[C@@H]1C[C@@H](Oc2nccc3cc(C)ccc23)CN1C(=O)[C@H](CCC(=O)N1C[C@@H]2CC[C@H]1C(=O)O2)NC(=O)OC(C)(C)C)C(=O)NS(=O)(=O)C1CC1. The first kappa shape index (κ1) is 40.9. The molecule has 58 heavy (non-hydrogen) atoms. The number of alkyl carbamates (subject to hydrolysis) is 1. The summed E-state index contributed by atoms with van der Waals surface area (Å²) in [5, 5.41) is 6.24. The van der Waals surface area contributed by atoms with Crippen molar-refractivity contribution in [1.82, 2.24) is 30.1 Å². The number of amides is 5. The van der Waals surface area contributed by atoms with Crippen LogP contribution in [0.4, 0.5) is 4.79 Å². The Morgan fingerprint density at radius 1 is 1.09 bits per heavy atom. The van der Waals surface area contributed by atoms with Crippen LogP contribution >= 0.6 is 0 Å². The van der Waals surface area contributed by atoms with Gasteiger partial charge in [0.25, 0.3) is 5.91 Å². The molecule has 1 unspecified atom stereocenters. The number of nitrogens with one attached hydrogen (secondary N) is 3. The average molecular weight is 823 g/mol. The Balaban J connectivity index is 1.16. The van der Waals surface area contributed by atoms with E-state index in [9.17, 15) is 37.2 Å². The third kappa shape index (κ3) is 8.61. The van der Waals surface area contributed by atoms with Gasteiger partial charge in [-0.1, -0.05) is 23.8 Å². The third-order valence-electron chi connectivity index (χ3n) is 11.3. The van der Waals surface area contributed by atoms with Gasteiger partial charge < -0.3 is 34.6 Å². The number of pyridine rings is 1. The maximum Gasteiger partial charge on any atom is 0.408 e. The van der Waals surface area contributed by atoms with Crippen molar-refractivity contribution in [2.45, 2.75) is 126 Å². The van der Waals surface area contributed by atoms with Gasteiger partial charge in [0.2, 0.25) is 33.6 Å². The van der Waals surface area contributed by atoms with Crippen molar-refractivity contribution in [1.29, 1.82) is 0 Å². The second-order valence-electron chi connectivity index (χ2n) is 16.9. The number of benzene rings is 1. The highest BCUT2D eigenvalue weighted by Crippen LogP contribution is 2.45. The standard InChI is InChI=1S/C40H50N6O11S/c1-6-24-19-40(24,37(51)44-58(53,54)27-9-10-27)43-33(48)31-18-26(55-34-28-11-7-22(2)17-23(28)15-16-41-34)21-46(31)35(49)29(42-38(52)57-39(3,4)5)12-14-32(47)45-20-25-8-13-30(45)36(50)56-25/h6-7,11,15-17,24-27,29-31H,1,8-10,12-14,18-21H2,2-5H3,(H,42,52)(H,43,48)(H,44,51)/t24?,25-,26+,29-,30-,31-,40+/m0/s1. The number of esters is 1. The highest BCUT2D eigenvalue weighted by Gasteiger charge is 2.62. The van der Waals surface area contributed by atoms with Gasteiger partial charge in [-0.15, -0.1) is 6.58 Å². The number of ether oxygens (including phenoxy) is 3. The van der Waals surface area contributed by atoms with E-state index in [1.807, 2.05) is 31.2 Å². The number of aryl methyl sites for hydroxylation is 1. The highest BCUT2D eigenvalue weighted by atomic mass is 32.2. The molecule has 4 saturated heterocycles. The Kier molecular flexibility index (Phi) is 10.9. The number of aromatic nitrogens is 1. The molecule has 5 heterocycles. The summed E-state index contributed by atoms with van der Waals surface area (Å²) < 4.78 is 44.8. The molecule has 4 aliphatic heterocycles. The number of likely N-dealkylation sites (tertiary alicyclic amines) is 1. The lowest BCUT2D eigenvalue weighted by molar-refractivity contribution is -0.181. The zero-order chi connectivity index (χ0) is 41.7. The minimum atomic E-state index is -3.95. The zero-order valence-electron chi connectivity index (χ0n) is 33.0. The van der Waals surface area contributed by atoms with E-state index < -0.39 is 98.4 Å². The van der Waals surface area contributed by atoms with Crippen LogP contribution in [0.5, 0.6) is 5.88 Å². The van der Waals surface area contributed by atoms with Crippen molar-refractivity contribution in [3.05, 3.63) is 48.7 Å². The fourth-order valence-electron chi connectivity index (χ4n) is 8.03. The topological polar surface area (TPSA) is 220 Å². The Labute approximate surface area is 336 Å². The molecule has 0 radical (unpaired) electrons. The molecule has 7 atom stereocenters. The summed E-state index contributed by atoms with van der Waals surface area (Å²) in [5.41, 5.74) is -1.54. The van der Waals surface area contributed by atoms with Crippen molar-refractivity contribution in [2.75, 3.05) is 13.1 Å². The third-order valence-corrected chi connectivity index (χ3v) is 13.1. The van der Waals surface area contributed by atoms with E-state index in [1.165, 1.54) is 15.9 Å². The summed E-state index contributed by atoms with van der Waals surface area (Å²) in [4.78, 5) is 89.0. The maximum atomic E-state index is 14.7. The molecule has 18 heteroatoms. The van der Waals surface area contributed by atoms with Gasteiger partial charge >= 0.3 is 12.1 Å². The van der Waals surface area contributed by atoms with Crippen molar-refractivity contribution >= 4 is 56.5 Å². The van der Waals surface area contributed by atoms with Crippen molar-refractivity contribution in [2.24, 2.45) is 5.92 Å². The smallest absolute Gasteiger partial charge is 0.408 e. The van der Waals surface area contributed by atoms with Gasteiger partial charge in [-0.05, 0) is 83.7 Å². The van der Waals surface area contributed by atoms with Gasteiger partial charge in [0, 0.05) is 30.3 Å². The summed E-state index contributed by atoms with van der Waals surface area (Å²) in [5.74, 6) is -3.56. The van der Waals surface area contributed by atoms with E-state index in [0.717, 1.165) is 10.9 Å². The number of nitrogens with zero attached hydrogens (tertiary/aromatic N) is 3. The first-order valence-electron chi connectivity index (χ1n) is 19.7. The van der Waals surface area contributed by atoms with Crippen LogP contribution in [0.3, 0.4) is 0 Å². The summed E-state index contributed by atoms with van der Waals surface area (Å²) >= 11 is 0. The van der Waals surface area contributed by atoms with E-state index in [0.29, 0.717) is 31.1 Å². The van der Waals surface area contributed by atoms with Crippen molar-refractivity contribution in [3.63, 3.8) is 0 Å². The Morgan fingerprint density at radius 3 is 2.50 bits per heavy atom. The summed E-state index contributed by atoms with van der Waals surface area (Å²) in [6.45, 7) is 10.7. The molecule has 6 aliphatic rings. The molecule has 3 N–H and O–H groups in total. The van der Waals surface area contributed by atoms with Crippen LogP contribution in [0, 0.1) is 12.8 Å².